The highest BCUT2D eigenvalue weighted by Crippen LogP contribution is 2.20. The number of nitrogens with one attached hydrogen (secondary N) is 2. The largest absolute Gasteiger partial charge is 0.469 e. The summed E-state index contributed by atoms with van der Waals surface area (Å²) in [6.45, 7) is 3.35. The summed E-state index contributed by atoms with van der Waals surface area (Å²) in [4.78, 5) is 16.2. The van der Waals surface area contributed by atoms with Crippen molar-refractivity contribution in [3.63, 3.8) is 0 Å². The van der Waals surface area contributed by atoms with E-state index in [0.29, 0.717) is 29.4 Å². The van der Waals surface area contributed by atoms with Crippen LogP contribution in [0.2, 0.25) is 5.02 Å². The number of pyridine rings is 1. The van der Waals surface area contributed by atoms with Gasteiger partial charge in [-0.1, -0.05) is 18.5 Å². The third-order valence-electron chi connectivity index (χ3n) is 2.88. The quantitative estimate of drug-likeness (QED) is 0.824. The van der Waals surface area contributed by atoms with Crippen LogP contribution >= 0.6 is 11.6 Å². The molecule has 2 aromatic heterocycles. The van der Waals surface area contributed by atoms with E-state index in [1.807, 2.05) is 12.1 Å². The fraction of sp³-hybridized carbons (Fsp3) is 0.333. The minimum atomic E-state index is -0.196. The summed E-state index contributed by atoms with van der Waals surface area (Å²) >= 11 is 6.10. The summed E-state index contributed by atoms with van der Waals surface area (Å²) in [7, 11) is 0. The molecule has 0 spiro atoms. The number of rotatable bonds is 7. The predicted molar refractivity (Wildman–Crippen MR) is 82.8 cm³/mol. The number of hydrogen-bond acceptors (Lipinski definition) is 4. The Morgan fingerprint density at radius 1 is 1.43 bits per heavy atom. The molecule has 0 aliphatic heterocycles. The molecule has 21 heavy (non-hydrogen) atoms. The van der Waals surface area contributed by atoms with Gasteiger partial charge in [0.05, 0.1) is 16.8 Å². The first-order chi connectivity index (χ1) is 10.2. The number of furan rings is 1. The first-order valence-electron chi connectivity index (χ1n) is 6.90. The van der Waals surface area contributed by atoms with Gasteiger partial charge in [-0.2, -0.15) is 0 Å². The monoisotopic (exact) mass is 307 g/mol. The Balaban J connectivity index is 1.88. The molecule has 0 fully saturated rings. The Labute approximate surface area is 128 Å². The smallest absolute Gasteiger partial charge is 0.252 e. The van der Waals surface area contributed by atoms with E-state index in [4.69, 9.17) is 16.0 Å². The number of aromatic nitrogens is 1. The number of carbonyl (C=O) groups excluding carboxylic acids is 1. The lowest BCUT2D eigenvalue weighted by atomic mass is 10.2. The number of halogens is 1. The Morgan fingerprint density at radius 3 is 2.95 bits per heavy atom. The van der Waals surface area contributed by atoms with Crippen LogP contribution in [-0.4, -0.2) is 24.0 Å². The lowest BCUT2D eigenvalue weighted by Gasteiger charge is -2.08. The minimum absolute atomic E-state index is 0.196. The Hall–Kier alpha value is -2.01. The number of amides is 1. The lowest BCUT2D eigenvalue weighted by Crippen LogP contribution is -2.25. The molecule has 0 aliphatic carbocycles. The summed E-state index contributed by atoms with van der Waals surface area (Å²) in [6, 6.07) is 5.32. The van der Waals surface area contributed by atoms with Crippen LogP contribution in [0.4, 0.5) is 5.82 Å². The second-order valence-corrected chi connectivity index (χ2v) is 4.97. The predicted octanol–water partition coefficient (Wildman–Crippen LogP) is 3.12. The van der Waals surface area contributed by atoms with Crippen molar-refractivity contribution in [2.24, 2.45) is 0 Å². The first kappa shape index (κ1) is 15.4. The van der Waals surface area contributed by atoms with Gasteiger partial charge in [-0.25, -0.2) is 4.98 Å². The van der Waals surface area contributed by atoms with Crippen molar-refractivity contribution in [3.8, 4) is 0 Å². The van der Waals surface area contributed by atoms with Crippen molar-refractivity contribution in [1.29, 1.82) is 0 Å². The first-order valence-corrected chi connectivity index (χ1v) is 7.28. The molecule has 2 heterocycles. The van der Waals surface area contributed by atoms with Crippen LogP contribution in [0.3, 0.4) is 0 Å². The van der Waals surface area contributed by atoms with Gasteiger partial charge in [0, 0.05) is 25.7 Å². The standard InChI is InChI=1S/C15H18ClN3O2/c1-2-6-17-14-13(16)9-11(10-19-14)15(20)18-7-5-12-4-3-8-21-12/h3-4,8-10H,2,5-7H2,1H3,(H,17,19)(H,18,20). The Morgan fingerprint density at radius 2 is 2.29 bits per heavy atom. The number of anilines is 1. The molecule has 1 amide bonds. The van der Waals surface area contributed by atoms with Crippen LogP contribution < -0.4 is 10.6 Å². The van der Waals surface area contributed by atoms with Gasteiger partial charge < -0.3 is 15.1 Å². The van der Waals surface area contributed by atoms with Gasteiger partial charge in [0.2, 0.25) is 0 Å². The van der Waals surface area contributed by atoms with Gasteiger partial charge in [0.1, 0.15) is 11.6 Å². The van der Waals surface area contributed by atoms with Gasteiger partial charge in [0.15, 0.2) is 0 Å². The van der Waals surface area contributed by atoms with Gasteiger partial charge in [-0.15, -0.1) is 0 Å². The summed E-state index contributed by atoms with van der Waals surface area (Å²) < 4.78 is 5.20. The fourth-order valence-electron chi connectivity index (χ4n) is 1.79. The van der Waals surface area contributed by atoms with Crippen LogP contribution in [0.5, 0.6) is 0 Å². The summed E-state index contributed by atoms with van der Waals surface area (Å²) in [6.07, 6.45) is 4.76. The summed E-state index contributed by atoms with van der Waals surface area (Å²) in [5.41, 5.74) is 0.446. The van der Waals surface area contributed by atoms with E-state index in [1.165, 1.54) is 6.20 Å². The molecule has 0 saturated carbocycles. The van der Waals surface area contributed by atoms with Crippen LogP contribution in [0.15, 0.2) is 35.1 Å². The topological polar surface area (TPSA) is 67.2 Å². The van der Waals surface area contributed by atoms with Crippen LogP contribution in [0.25, 0.3) is 0 Å². The third kappa shape index (κ3) is 4.49. The maximum atomic E-state index is 12.0. The molecular weight excluding hydrogens is 290 g/mol. The normalized spacial score (nSPS) is 10.4. The van der Waals surface area contributed by atoms with Crippen molar-refractivity contribution in [2.75, 3.05) is 18.4 Å². The van der Waals surface area contributed by atoms with E-state index in [9.17, 15) is 4.79 Å². The minimum Gasteiger partial charge on any atom is -0.469 e. The van der Waals surface area contributed by atoms with Gasteiger partial charge >= 0.3 is 0 Å². The van der Waals surface area contributed by atoms with Crippen LogP contribution in [0.1, 0.15) is 29.5 Å². The van der Waals surface area contributed by atoms with E-state index in [0.717, 1.165) is 18.7 Å². The van der Waals surface area contributed by atoms with Crippen molar-refractivity contribution in [3.05, 3.63) is 47.0 Å². The highest BCUT2D eigenvalue weighted by Gasteiger charge is 2.09. The zero-order chi connectivity index (χ0) is 15.1. The highest BCUT2D eigenvalue weighted by molar-refractivity contribution is 6.33. The lowest BCUT2D eigenvalue weighted by molar-refractivity contribution is 0.0953. The average molecular weight is 308 g/mol. The molecule has 0 atom stereocenters. The number of nitrogens with zero attached hydrogens (tertiary/aromatic N) is 1. The highest BCUT2D eigenvalue weighted by atomic mass is 35.5. The van der Waals surface area contributed by atoms with Gasteiger partial charge in [-0.3, -0.25) is 4.79 Å². The van der Waals surface area contributed by atoms with E-state index in [2.05, 4.69) is 22.5 Å². The van der Waals surface area contributed by atoms with E-state index in [-0.39, 0.29) is 5.91 Å². The number of hydrogen-bond donors (Lipinski definition) is 2. The molecule has 0 unspecified atom stereocenters. The maximum Gasteiger partial charge on any atom is 0.252 e. The Bertz CT molecular complexity index is 585. The molecule has 112 valence electrons. The van der Waals surface area contributed by atoms with E-state index < -0.39 is 0 Å². The third-order valence-corrected chi connectivity index (χ3v) is 3.17. The van der Waals surface area contributed by atoms with Gasteiger partial charge in [0.25, 0.3) is 5.91 Å². The molecule has 2 rings (SSSR count). The molecular formula is C15H18ClN3O2. The summed E-state index contributed by atoms with van der Waals surface area (Å²) in [5, 5.41) is 6.36. The summed E-state index contributed by atoms with van der Waals surface area (Å²) in [5.74, 6) is 1.24. The molecule has 0 bridgehead atoms. The number of carbonyl (C=O) groups is 1. The van der Waals surface area contributed by atoms with Gasteiger partial charge in [-0.05, 0) is 24.6 Å². The maximum absolute atomic E-state index is 12.0. The van der Waals surface area contributed by atoms with Crippen LogP contribution in [-0.2, 0) is 6.42 Å². The van der Waals surface area contributed by atoms with Crippen LogP contribution in [0, 0.1) is 0 Å². The fourth-order valence-corrected chi connectivity index (χ4v) is 2.02. The average Bonchev–Trinajstić information content (AvgIpc) is 2.99. The van der Waals surface area contributed by atoms with E-state index in [1.54, 1.807) is 12.3 Å². The SMILES string of the molecule is CCCNc1ncc(C(=O)NCCc2ccco2)cc1Cl. The molecule has 2 N–H and O–H groups in total. The van der Waals surface area contributed by atoms with Crippen molar-refractivity contribution in [1.82, 2.24) is 10.3 Å². The van der Waals surface area contributed by atoms with E-state index >= 15 is 0 Å². The molecule has 2 aromatic rings. The zero-order valence-corrected chi connectivity index (χ0v) is 12.6. The molecule has 0 aromatic carbocycles. The molecule has 0 aliphatic rings. The molecule has 0 saturated heterocycles. The second kappa shape index (κ2) is 7.69. The Kier molecular flexibility index (Phi) is 5.63. The van der Waals surface area contributed by atoms with Crippen molar-refractivity contribution < 1.29 is 9.21 Å². The second-order valence-electron chi connectivity index (χ2n) is 4.57. The van der Waals surface area contributed by atoms with Crippen molar-refractivity contribution in [2.45, 2.75) is 19.8 Å². The molecule has 6 heteroatoms. The zero-order valence-electron chi connectivity index (χ0n) is 11.9. The molecule has 5 nitrogen and oxygen atoms in total. The molecule has 0 radical (unpaired) electrons. The van der Waals surface area contributed by atoms with Crippen molar-refractivity contribution >= 4 is 23.3 Å².